The molecule has 1 N–H and O–H groups in total. The molecule has 0 bridgehead atoms. The molecular weight excluding hydrogens is 328 g/mol. The number of aryl methyl sites for hydroxylation is 1. The van der Waals surface area contributed by atoms with Gasteiger partial charge in [-0.15, -0.1) is 0 Å². The molecule has 26 heavy (non-hydrogen) atoms. The Hall–Kier alpha value is -2.53. The lowest BCUT2D eigenvalue weighted by molar-refractivity contribution is -0.117. The Labute approximate surface area is 155 Å². The maximum absolute atomic E-state index is 12.3. The van der Waals surface area contributed by atoms with Gasteiger partial charge in [0, 0.05) is 18.3 Å². The highest BCUT2D eigenvalue weighted by Gasteiger charge is 2.11. The standard InChI is InChI=1S/C21H28N2O3/c1-5-25-19-11-10-18(13-20(19)26-6-2)22-21(24)15-23(4)14-17-9-7-8-16(3)12-17/h7-13H,5-6,14-15H2,1-4H3,(H,22,24). The van der Waals surface area contributed by atoms with Crippen molar-refractivity contribution in [1.82, 2.24) is 4.90 Å². The first-order valence-electron chi connectivity index (χ1n) is 8.95. The van der Waals surface area contributed by atoms with E-state index in [0.29, 0.717) is 36.9 Å². The number of amides is 1. The minimum absolute atomic E-state index is 0.0632. The lowest BCUT2D eigenvalue weighted by Crippen LogP contribution is -2.29. The number of ether oxygens (including phenoxy) is 2. The van der Waals surface area contributed by atoms with Crippen molar-refractivity contribution in [2.24, 2.45) is 0 Å². The molecule has 0 atom stereocenters. The van der Waals surface area contributed by atoms with E-state index in [0.717, 1.165) is 6.54 Å². The summed E-state index contributed by atoms with van der Waals surface area (Å²) < 4.78 is 11.1. The molecule has 2 aromatic rings. The molecule has 0 aromatic heterocycles. The molecule has 0 saturated heterocycles. The summed E-state index contributed by atoms with van der Waals surface area (Å²) in [4.78, 5) is 14.3. The molecule has 0 fully saturated rings. The second kappa shape index (κ2) is 9.82. The van der Waals surface area contributed by atoms with Crippen LogP contribution in [0.2, 0.25) is 0 Å². The number of hydrogen-bond donors (Lipinski definition) is 1. The van der Waals surface area contributed by atoms with Crippen LogP contribution in [0.25, 0.3) is 0 Å². The Balaban J connectivity index is 1.95. The van der Waals surface area contributed by atoms with Crippen LogP contribution in [0.15, 0.2) is 42.5 Å². The lowest BCUT2D eigenvalue weighted by Gasteiger charge is -2.17. The van der Waals surface area contributed by atoms with Crippen molar-refractivity contribution >= 4 is 11.6 Å². The highest BCUT2D eigenvalue weighted by atomic mass is 16.5. The minimum atomic E-state index is -0.0632. The zero-order valence-corrected chi connectivity index (χ0v) is 16.0. The zero-order valence-electron chi connectivity index (χ0n) is 16.0. The van der Waals surface area contributed by atoms with E-state index < -0.39 is 0 Å². The van der Waals surface area contributed by atoms with Gasteiger partial charge < -0.3 is 14.8 Å². The van der Waals surface area contributed by atoms with Crippen LogP contribution in [-0.2, 0) is 11.3 Å². The molecule has 140 valence electrons. The van der Waals surface area contributed by atoms with Gasteiger partial charge in [0.15, 0.2) is 11.5 Å². The van der Waals surface area contributed by atoms with Crippen molar-refractivity contribution in [2.75, 3.05) is 32.1 Å². The van der Waals surface area contributed by atoms with Crippen molar-refractivity contribution in [1.29, 1.82) is 0 Å². The van der Waals surface area contributed by atoms with Crippen molar-refractivity contribution in [3.05, 3.63) is 53.6 Å². The Morgan fingerprint density at radius 2 is 1.77 bits per heavy atom. The molecule has 0 aliphatic heterocycles. The number of carbonyl (C=O) groups excluding carboxylic acids is 1. The maximum atomic E-state index is 12.3. The first-order chi connectivity index (χ1) is 12.5. The van der Waals surface area contributed by atoms with E-state index in [4.69, 9.17) is 9.47 Å². The molecule has 2 aromatic carbocycles. The van der Waals surface area contributed by atoms with Gasteiger partial charge in [0.1, 0.15) is 0 Å². The van der Waals surface area contributed by atoms with Crippen LogP contribution >= 0.6 is 0 Å². The summed E-state index contributed by atoms with van der Waals surface area (Å²) >= 11 is 0. The normalized spacial score (nSPS) is 10.7. The fourth-order valence-corrected chi connectivity index (χ4v) is 2.75. The van der Waals surface area contributed by atoms with Gasteiger partial charge >= 0.3 is 0 Å². The summed E-state index contributed by atoms with van der Waals surface area (Å²) in [5.41, 5.74) is 3.11. The van der Waals surface area contributed by atoms with Crippen LogP contribution in [0, 0.1) is 6.92 Å². The van der Waals surface area contributed by atoms with E-state index in [9.17, 15) is 4.79 Å². The smallest absolute Gasteiger partial charge is 0.238 e. The molecule has 0 spiro atoms. The molecule has 2 rings (SSSR count). The lowest BCUT2D eigenvalue weighted by atomic mass is 10.1. The molecule has 0 aliphatic rings. The number of nitrogens with zero attached hydrogens (tertiary/aromatic N) is 1. The molecule has 5 heteroatoms. The van der Waals surface area contributed by atoms with E-state index in [-0.39, 0.29) is 5.91 Å². The number of rotatable bonds is 9. The first-order valence-corrected chi connectivity index (χ1v) is 8.95. The summed E-state index contributed by atoms with van der Waals surface area (Å²) in [5, 5.41) is 2.92. The van der Waals surface area contributed by atoms with Crippen LogP contribution in [-0.4, -0.2) is 37.6 Å². The fourth-order valence-electron chi connectivity index (χ4n) is 2.75. The van der Waals surface area contributed by atoms with Crippen LogP contribution < -0.4 is 14.8 Å². The molecule has 0 unspecified atom stereocenters. The minimum Gasteiger partial charge on any atom is -0.490 e. The molecule has 0 heterocycles. The quantitative estimate of drug-likeness (QED) is 0.741. The number of benzene rings is 2. The zero-order chi connectivity index (χ0) is 18.9. The highest BCUT2D eigenvalue weighted by Crippen LogP contribution is 2.30. The van der Waals surface area contributed by atoms with Crippen molar-refractivity contribution in [2.45, 2.75) is 27.3 Å². The molecule has 0 saturated carbocycles. The fraction of sp³-hybridized carbons (Fsp3) is 0.381. The summed E-state index contributed by atoms with van der Waals surface area (Å²) in [6.07, 6.45) is 0. The average Bonchev–Trinajstić information content (AvgIpc) is 2.57. The van der Waals surface area contributed by atoms with E-state index in [1.807, 2.05) is 44.0 Å². The highest BCUT2D eigenvalue weighted by molar-refractivity contribution is 5.92. The van der Waals surface area contributed by atoms with Crippen molar-refractivity contribution in [3.63, 3.8) is 0 Å². The summed E-state index contributed by atoms with van der Waals surface area (Å²) in [6.45, 7) is 8.05. The molecule has 0 aliphatic carbocycles. The number of likely N-dealkylation sites (N-methyl/N-ethyl adjacent to an activating group) is 1. The monoisotopic (exact) mass is 356 g/mol. The van der Waals surface area contributed by atoms with Crippen LogP contribution in [0.3, 0.4) is 0 Å². The van der Waals surface area contributed by atoms with E-state index in [1.165, 1.54) is 11.1 Å². The number of carbonyl (C=O) groups is 1. The Bertz CT molecular complexity index is 731. The Morgan fingerprint density at radius 1 is 1.04 bits per heavy atom. The Morgan fingerprint density at radius 3 is 2.46 bits per heavy atom. The SMILES string of the molecule is CCOc1ccc(NC(=O)CN(C)Cc2cccc(C)c2)cc1OCC. The third kappa shape index (κ3) is 6.08. The van der Waals surface area contributed by atoms with Gasteiger partial charge in [-0.1, -0.05) is 29.8 Å². The maximum Gasteiger partial charge on any atom is 0.238 e. The van der Waals surface area contributed by atoms with Crippen LogP contribution in [0.1, 0.15) is 25.0 Å². The number of nitrogens with one attached hydrogen (secondary N) is 1. The van der Waals surface area contributed by atoms with Gasteiger partial charge in [-0.2, -0.15) is 0 Å². The molecule has 0 radical (unpaired) electrons. The van der Waals surface area contributed by atoms with Crippen LogP contribution in [0.4, 0.5) is 5.69 Å². The van der Waals surface area contributed by atoms with Gasteiger partial charge in [-0.25, -0.2) is 0 Å². The molecule has 1 amide bonds. The average molecular weight is 356 g/mol. The van der Waals surface area contributed by atoms with Gasteiger partial charge in [0.2, 0.25) is 5.91 Å². The molecular formula is C21H28N2O3. The van der Waals surface area contributed by atoms with Crippen LogP contribution in [0.5, 0.6) is 11.5 Å². The van der Waals surface area contributed by atoms with Gasteiger partial charge in [-0.05, 0) is 45.5 Å². The van der Waals surface area contributed by atoms with Gasteiger partial charge in [-0.3, -0.25) is 9.69 Å². The van der Waals surface area contributed by atoms with Crippen molar-refractivity contribution < 1.29 is 14.3 Å². The first kappa shape index (κ1) is 19.8. The van der Waals surface area contributed by atoms with Gasteiger partial charge in [0.05, 0.1) is 19.8 Å². The summed E-state index contributed by atoms with van der Waals surface area (Å²) in [5.74, 6) is 1.26. The summed E-state index contributed by atoms with van der Waals surface area (Å²) in [6, 6.07) is 13.8. The number of hydrogen-bond acceptors (Lipinski definition) is 4. The third-order valence-corrected chi connectivity index (χ3v) is 3.78. The molecule has 5 nitrogen and oxygen atoms in total. The summed E-state index contributed by atoms with van der Waals surface area (Å²) in [7, 11) is 1.94. The topological polar surface area (TPSA) is 50.8 Å². The van der Waals surface area contributed by atoms with E-state index in [2.05, 4.69) is 30.4 Å². The second-order valence-electron chi connectivity index (χ2n) is 6.24. The third-order valence-electron chi connectivity index (χ3n) is 3.78. The Kier molecular flexibility index (Phi) is 7.48. The second-order valence-corrected chi connectivity index (χ2v) is 6.24. The largest absolute Gasteiger partial charge is 0.490 e. The van der Waals surface area contributed by atoms with Gasteiger partial charge in [0.25, 0.3) is 0 Å². The van der Waals surface area contributed by atoms with Crippen molar-refractivity contribution in [3.8, 4) is 11.5 Å². The predicted molar refractivity (Wildman–Crippen MR) is 105 cm³/mol. The predicted octanol–water partition coefficient (Wildman–Crippen LogP) is 3.86. The van der Waals surface area contributed by atoms with E-state index >= 15 is 0 Å². The van der Waals surface area contributed by atoms with E-state index in [1.54, 1.807) is 6.07 Å². The number of anilines is 1.